The van der Waals surface area contributed by atoms with Crippen LogP contribution in [0.5, 0.6) is 0 Å². The number of fused-ring (bicyclic) bond motifs is 2. The second kappa shape index (κ2) is 10.0. The van der Waals surface area contributed by atoms with Crippen molar-refractivity contribution in [2.75, 3.05) is 18.4 Å². The fraction of sp³-hybridized carbons (Fsp3) is 0.621. The van der Waals surface area contributed by atoms with Crippen LogP contribution in [0.15, 0.2) is 24.4 Å². The number of aromatic nitrogens is 1. The van der Waals surface area contributed by atoms with Crippen LogP contribution in [-0.4, -0.2) is 51.9 Å². The molecule has 0 bridgehead atoms. The Morgan fingerprint density at radius 2 is 1.54 bits per heavy atom. The van der Waals surface area contributed by atoms with Crippen LogP contribution in [0.25, 0.3) is 10.9 Å². The van der Waals surface area contributed by atoms with Crippen molar-refractivity contribution in [1.29, 1.82) is 0 Å². The van der Waals surface area contributed by atoms with Crippen LogP contribution < -0.4 is 5.32 Å². The second-order valence-corrected chi connectivity index (χ2v) is 12.7. The van der Waals surface area contributed by atoms with Crippen molar-refractivity contribution in [3.05, 3.63) is 30.0 Å². The lowest BCUT2D eigenvalue weighted by Crippen LogP contribution is -2.36. The summed E-state index contributed by atoms with van der Waals surface area (Å²) in [4.78, 5) is 38.9. The maximum absolute atomic E-state index is 12.8. The summed E-state index contributed by atoms with van der Waals surface area (Å²) >= 11 is 0. The first-order chi connectivity index (χ1) is 17.2. The minimum atomic E-state index is -0.620. The number of ether oxygens (including phenoxy) is 2. The first-order valence-electron chi connectivity index (χ1n) is 13.3. The SMILES string of the molecule is CC(=O)Nc1cn(C(=O)OC(C)(C)C)c2ccc(CC[C@@H]3C[C@@H]4CN(C(=O)OC(C)(C)C)C[C@@H]4C3)cc12. The zero-order valence-electron chi connectivity index (χ0n) is 23.2. The Balaban J connectivity index is 1.40. The third-order valence-electron chi connectivity index (χ3n) is 7.11. The van der Waals surface area contributed by atoms with Gasteiger partial charge in [-0.2, -0.15) is 0 Å². The van der Waals surface area contributed by atoms with Crippen molar-refractivity contribution >= 4 is 34.7 Å². The number of aryl methyl sites for hydroxylation is 1. The Hall–Kier alpha value is -3.03. The summed E-state index contributed by atoms with van der Waals surface area (Å²) in [5.41, 5.74) is 1.40. The van der Waals surface area contributed by atoms with Crippen molar-refractivity contribution in [3.8, 4) is 0 Å². The van der Waals surface area contributed by atoms with E-state index in [1.165, 1.54) is 17.1 Å². The normalized spacial score (nSPS) is 21.7. The molecule has 8 heteroatoms. The molecule has 1 aromatic heterocycles. The van der Waals surface area contributed by atoms with Gasteiger partial charge in [-0.1, -0.05) is 6.07 Å². The van der Waals surface area contributed by atoms with E-state index in [0.717, 1.165) is 44.2 Å². The number of rotatable bonds is 4. The van der Waals surface area contributed by atoms with Gasteiger partial charge in [0, 0.05) is 31.6 Å². The number of nitrogens with zero attached hydrogens (tertiary/aromatic N) is 2. The van der Waals surface area contributed by atoms with Gasteiger partial charge >= 0.3 is 12.2 Å². The van der Waals surface area contributed by atoms with Crippen molar-refractivity contribution < 1.29 is 23.9 Å². The van der Waals surface area contributed by atoms with Crippen LogP contribution in [0.1, 0.15) is 73.3 Å². The third-order valence-corrected chi connectivity index (χ3v) is 7.11. The van der Waals surface area contributed by atoms with Crippen molar-refractivity contribution in [3.63, 3.8) is 0 Å². The Morgan fingerprint density at radius 3 is 2.11 bits per heavy atom. The Labute approximate surface area is 219 Å². The van der Waals surface area contributed by atoms with E-state index >= 15 is 0 Å². The van der Waals surface area contributed by atoms with Crippen LogP contribution in [0.4, 0.5) is 15.3 Å². The lowest BCUT2D eigenvalue weighted by Gasteiger charge is -2.25. The van der Waals surface area contributed by atoms with Gasteiger partial charge in [0.25, 0.3) is 0 Å². The van der Waals surface area contributed by atoms with Crippen molar-refractivity contribution in [1.82, 2.24) is 9.47 Å². The van der Waals surface area contributed by atoms with Crippen LogP contribution in [0.2, 0.25) is 0 Å². The number of anilines is 1. The monoisotopic (exact) mass is 511 g/mol. The van der Waals surface area contributed by atoms with E-state index in [1.54, 1.807) is 6.20 Å². The molecule has 37 heavy (non-hydrogen) atoms. The molecule has 1 aliphatic heterocycles. The van der Waals surface area contributed by atoms with Gasteiger partial charge < -0.3 is 19.7 Å². The highest BCUT2D eigenvalue weighted by Crippen LogP contribution is 2.43. The molecule has 8 nitrogen and oxygen atoms in total. The van der Waals surface area contributed by atoms with E-state index in [4.69, 9.17) is 9.47 Å². The summed E-state index contributed by atoms with van der Waals surface area (Å²) in [6.45, 7) is 14.2. The first kappa shape index (κ1) is 27.0. The average Bonchev–Trinajstić information content (AvgIpc) is 3.41. The number of carbonyl (C=O) groups is 3. The molecule has 1 saturated heterocycles. The molecule has 0 spiro atoms. The van der Waals surface area contributed by atoms with Gasteiger partial charge in [-0.05, 0) is 103 Å². The summed E-state index contributed by atoms with van der Waals surface area (Å²) in [5, 5.41) is 3.68. The number of hydrogen-bond acceptors (Lipinski definition) is 5. The summed E-state index contributed by atoms with van der Waals surface area (Å²) in [7, 11) is 0. The molecule has 2 fully saturated rings. The first-order valence-corrected chi connectivity index (χ1v) is 13.3. The summed E-state index contributed by atoms with van der Waals surface area (Å²) in [5.74, 6) is 1.54. The maximum atomic E-state index is 12.8. The molecule has 2 heterocycles. The predicted molar refractivity (Wildman–Crippen MR) is 144 cm³/mol. The van der Waals surface area contributed by atoms with Gasteiger partial charge in [0.05, 0.1) is 11.2 Å². The van der Waals surface area contributed by atoms with E-state index in [2.05, 4.69) is 17.4 Å². The van der Waals surface area contributed by atoms with Gasteiger partial charge in [0.1, 0.15) is 11.2 Å². The summed E-state index contributed by atoms with van der Waals surface area (Å²) in [6, 6.07) is 6.06. The number of nitrogens with one attached hydrogen (secondary N) is 1. The topological polar surface area (TPSA) is 89.9 Å². The molecule has 2 aromatic rings. The maximum Gasteiger partial charge on any atom is 0.419 e. The zero-order chi connectivity index (χ0) is 27.1. The van der Waals surface area contributed by atoms with Crippen LogP contribution in [0.3, 0.4) is 0 Å². The van der Waals surface area contributed by atoms with Gasteiger partial charge in [0.2, 0.25) is 5.91 Å². The molecule has 0 radical (unpaired) electrons. The Bertz CT molecular complexity index is 1170. The molecule has 2 aliphatic rings. The highest BCUT2D eigenvalue weighted by Gasteiger charge is 2.43. The van der Waals surface area contributed by atoms with Crippen LogP contribution >= 0.6 is 0 Å². The molecule has 1 aromatic carbocycles. The largest absolute Gasteiger partial charge is 0.444 e. The van der Waals surface area contributed by atoms with Crippen molar-refractivity contribution in [2.45, 2.75) is 85.4 Å². The minimum Gasteiger partial charge on any atom is -0.444 e. The number of benzene rings is 1. The number of hydrogen-bond donors (Lipinski definition) is 1. The van der Waals surface area contributed by atoms with E-state index in [0.29, 0.717) is 29.0 Å². The van der Waals surface area contributed by atoms with E-state index in [9.17, 15) is 14.4 Å². The molecule has 1 N–H and O–H groups in total. The predicted octanol–water partition coefficient (Wildman–Crippen LogP) is 6.21. The Morgan fingerprint density at radius 1 is 0.946 bits per heavy atom. The number of likely N-dealkylation sites (tertiary alicyclic amines) is 1. The lowest BCUT2D eigenvalue weighted by molar-refractivity contribution is -0.114. The van der Waals surface area contributed by atoms with E-state index < -0.39 is 17.3 Å². The second-order valence-electron chi connectivity index (χ2n) is 12.7. The van der Waals surface area contributed by atoms with Crippen LogP contribution in [0, 0.1) is 17.8 Å². The standard InChI is InChI=1S/C29H41N3O5/c1-18(33)30-24-17-32(27(35)37-29(5,6)7)25-11-10-19(14-23(24)25)8-9-20-12-21-15-31(16-22(21)13-20)26(34)36-28(2,3)4/h10-11,14,17,20-22H,8-9,12-13,15-16H2,1-7H3,(H,30,33)/t20-,21-,22+. The molecule has 0 unspecified atom stereocenters. The summed E-state index contributed by atoms with van der Waals surface area (Å²) < 4.78 is 12.6. The molecular weight excluding hydrogens is 470 g/mol. The van der Waals surface area contributed by atoms with Crippen LogP contribution in [-0.2, 0) is 20.7 Å². The zero-order valence-corrected chi connectivity index (χ0v) is 23.2. The van der Waals surface area contributed by atoms with Gasteiger partial charge in [-0.3, -0.25) is 9.36 Å². The van der Waals surface area contributed by atoms with Gasteiger partial charge in [-0.15, -0.1) is 0 Å². The van der Waals surface area contributed by atoms with E-state index in [-0.39, 0.29) is 12.0 Å². The highest BCUT2D eigenvalue weighted by molar-refractivity contribution is 6.04. The summed E-state index contributed by atoms with van der Waals surface area (Å²) in [6.07, 6.45) is 5.25. The van der Waals surface area contributed by atoms with Gasteiger partial charge in [-0.25, -0.2) is 9.59 Å². The smallest absolute Gasteiger partial charge is 0.419 e. The fourth-order valence-corrected chi connectivity index (χ4v) is 5.69. The molecule has 1 aliphatic carbocycles. The van der Waals surface area contributed by atoms with Crippen molar-refractivity contribution in [2.24, 2.45) is 17.8 Å². The fourth-order valence-electron chi connectivity index (χ4n) is 5.69. The quantitative estimate of drug-likeness (QED) is 0.527. The van der Waals surface area contributed by atoms with E-state index in [1.807, 2.05) is 52.5 Å². The molecule has 4 rings (SSSR count). The minimum absolute atomic E-state index is 0.188. The molecule has 202 valence electrons. The molecule has 1 saturated carbocycles. The Kier molecular flexibility index (Phi) is 7.32. The average molecular weight is 512 g/mol. The molecule has 3 atom stereocenters. The third kappa shape index (κ3) is 6.65. The number of carbonyl (C=O) groups excluding carboxylic acids is 3. The molecular formula is C29H41N3O5. The molecule has 2 amide bonds. The highest BCUT2D eigenvalue weighted by atomic mass is 16.6. The number of amides is 2. The van der Waals surface area contributed by atoms with Gasteiger partial charge in [0.15, 0.2) is 0 Å². The lowest BCUT2D eigenvalue weighted by atomic mass is 9.96.